The maximum Gasteiger partial charge on any atom is 0.309 e. The zero-order valence-electron chi connectivity index (χ0n) is 16.3. The van der Waals surface area contributed by atoms with Crippen LogP contribution >= 0.6 is 0 Å². The first-order chi connectivity index (χ1) is 13.0. The van der Waals surface area contributed by atoms with Crippen LogP contribution in [0.4, 0.5) is 0 Å². The van der Waals surface area contributed by atoms with Gasteiger partial charge in [0, 0.05) is 13.1 Å². The molecule has 0 bridgehead atoms. The molecule has 0 spiro atoms. The molecule has 2 aromatic rings. The van der Waals surface area contributed by atoms with E-state index in [-0.39, 0.29) is 17.8 Å². The highest BCUT2D eigenvalue weighted by atomic mass is 16.5. The van der Waals surface area contributed by atoms with Gasteiger partial charge in [-0.2, -0.15) is 5.10 Å². The van der Waals surface area contributed by atoms with Crippen LogP contribution < -0.4 is 0 Å². The molecule has 1 saturated heterocycles. The van der Waals surface area contributed by atoms with Crippen molar-refractivity contribution in [3.63, 3.8) is 0 Å². The lowest BCUT2D eigenvalue weighted by Gasteiger charge is -2.30. The van der Waals surface area contributed by atoms with E-state index < -0.39 is 0 Å². The van der Waals surface area contributed by atoms with Gasteiger partial charge in [-0.15, -0.1) is 0 Å². The van der Waals surface area contributed by atoms with Crippen LogP contribution in [-0.4, -0.2) is 46.3 Å². The molecule has 1 aliphatic rings. The second-order valence-electron chi connectivity index (χ2n) is 6.92. The molecule has 0 N–H and O–H groups in total. The van der Waals surface area contributed by atoms with Gasteiger partial charge in [-0.1, -0.05) is 24.6 Å². The van der Waals surface area contributed by atoms with Gasteiger partial charge in [-0.25, -0.2) is 4.68 Å². The van der Waals surface area contributed by atoms with Crippen molar-refractivity contribution >= 4 is 11.9 Å². The number of carbonyl (C=O) groups excluding carboxylic acids is 2. The van der Waals surface area contributed by atoms with Crippen molar-refractivity contribution in [1.82, 2.24) is 14.7 Å². The number of likely N-dealkylation sites (tertiary alicyclic amines) is 1. The van der Waals surface area contributed by atoms with E-state index in [1.807, 2.05) is 54.6 Å². The van der Waals surface area contributed by atoms with Crippen molar-refractivity contribution in [2.45, 2.75) is 40.0 Å². The number of rotatable bonds is 5. The van der Waals surface area contributed by atoms with Crippen LogP contribution in [0.2, 0.25) is 0 Å². The Bertz CT molecular complexity index is 803. The summed E-state index contributed by atoms with van der Waals surface area (Å²) in [5, 5.41) is 4.47. The summed E-state index contributed by atoms with van der Waals surface area (Å²) in [6.45, 7) is 7.43. The summed E-state index contributed by atoms with van der Waals surface area (Å²) in [6.07, 6.45) is 3.68. The fourth-order valence-corrected chi connectivity index (χ4v) is 3.55. The number of hydrogen-bond acceptors (Lipinski definition) is 4. The van der Waals surface area contributed by atoms with E-state index >= 15 is 0 Å². The van der Waals surface area contributed by atoms with E-state index in [1.54, 1.807) is 6.20 Å². The standard InChI is InChI=1S/C21H27N3O3/c1-4-19-18(14-22-24(19)17-8-6-15(3)7-9-17)20(25)23-12-10-16(11-13-23)21(26)27-5-2/h6-9,14,16H,4-5,10-13H2,1-3H3. The monoisotopic (exact) mass is 369 g/mol. The van der Waals surface area contributed by atoms with E-state index in [4.69, 9.17) is 4.74 Å². The molecule has 0 aliphatic carbocycles. The number of nitrogens with zero attached hydrogens (tertiary/aromatic N) is 3. The minimum atomic E-state index is -0.147. The summed E-state index contributed by atoms with van der Waals surface area (Å²) in [5.74, 6) is -0.256. The summed E-state index contributed by atoms with van der Waals surface area (Å²) < 4.78 is 6.95. The van der Waals surface area contributed by atoms with Crippen molar-refractivity contribution in [2.24, 2.45) is 5.92 Å². The second kappa shape index (κ2) is 8.37. The largest absolute Gasteiger partial charge is 0.466 e. The summed E-state index contributed by atoms with van der Waals surface area (Å²) >= 11 is 0. The van der Waals surface area contributed by atoms with Crippen molar-refractivity contribution in [2.75, 3.05) is 19.7 Å². The Labute approximate surface area is 160 Å². The molecule has 1 aliphatic heterocycles. The van der Waals surface area contributed by atoms with E-state index in [2.05, 4.69) is 5.10 Å². The van der Waals surface area contributed by atoms with Gasteiger partial charge in [0.15, 0.2) is 0 Å². The fourth-order valence-electron chi connectivity index (χ4n) is 3.55. The number of aromatic nitrogens is 2. The van der Waals surface area contributed by atoms with Crippen LogP contribution in [0.15, 0.2) is 30.5 Å². The molecule has 0 saturated carbocycles. The van der Waals surface area contributed by atoms with E-state index in [0.29, 0.717) is 44.5 Å². The number of carbonyl (C=O) groups is 2. The Morgan fingerprint density at radius 1 is 1.15 bits per heavy atom. The zero-order chi connectivity index (χ0) is 19.4. The van der Waals surface area contributed by atoms with E-state index in [9.17, 15) is 9.59 Å². The van der Waals surface area contributed by atoms with Crippen molar-refractivity contribution < 1.29 is 14.3 Å². The van der Waals surface area contributed by atoms with Crippen LogP contribution in [0.1, 0.15) is 48.3 Å². The minimum Gasteiger partial charge on any atom is -0.466 e. The molecule has 27 heavy (non-hydrogen) atoms. The van der Waals surface area contributed by atoms with Gasteiger partial charge < -0.3 is 9.64 Å². The van der Waals surface area contributed by atoms with E-state index in [1.165, 1.54) is 5.56 Å². The normalized spacial score (nSPS) is 15.0. The lowest BCUT2D eigenvalue weighted by Crippen LogP contribution is -2.40. The van der Waals surface area contributed by atoms with Crippen LogP contribution in [0.25, 0.3) is 5.69 Å². The van der Waals surface area contributed by atoms with Crippen molar-refractivity contribution in [3.8, 4) is 5.69 Å². The average Bonchev–Trinajstić information content (AvgIpc) is 3.12. The van der Waals surface area contributed by atoms with E-state index in [0.717, 1.165) is 11.4 Å². The number of ether oxygens (including phenoxy) is 1. The summed E-state index contributed by atoms with van der Waals surface area (Å²) in [4.78, 5) is 26.8. The van der Waals surface area contributed by atoms with Crippen LogP contribution in [-0.2, 0) is 16.0 Å². The quantitative estimate of drug-likeness (QED) is 0.760. The highest BCUT2D eigenvalue weighted by Crippen LogP contribution is 2.23. The first-order valence-electron chi connectivity index (χ1n) is 9.65. The molecule has 1 amide bonds. The third-order valence-electron chi connectivity index (χ3n) is 5.11. The maximum atomic E-state index is 13.0. The lowest BCUT2D eigenvalue weighted by atomic mass is 9.96. The molecule has 6 nitrogen and oxygen atoms in total. The Morgan fingerprint density at radius 2 is 1.81 bits per heavy atom. The molecule has 6 heteroatoms. The number of hydrogen-bond donors (Lipinski definition) is 0. The second-order valence-corrected chi connectivity index (χ2v) is 6.92. The molecule has 1 aromatic carbocycles. The van der Waals surface area contributed by atoms with Crippen molar-refractivity contribution in [3.05, 3.63) is 47.3 Å². The summed E-state index contributed by atoms with van der Waals surface area (Å²) in [7, 11) is 0. The Morgan fingerprint density at radius 3 is 2.41 bits per heavy atom. The smallest absolute Gasteiger partial charge is 0.309 e. The number of aryl methyl sites for hydroxylation is 1. The molecule has 1 fully saturated rings. The average molecular weight is 369 g/mol. The Kier molecular flexibility index (Phi) is 5.94. The van der Waals surface area contributed by atoms with Crippen LogP contribution in [0, 0.1) is 12.8 Å². The lowest BCUT2D eigenvalue weighted by molar-refractivity contribution is -0.149. The molecule has 2 heterocycles. The van der Waals surface area contributed by atoms with Crippen LogP contribution in [0.3, 0.4) is 0 Å². The first kappa shape index (κ1) is 19.1. The number of piperidine rings is 1. The number of amides is 1. The van der Waals surface area contributed by atoms with Crippen LogP contribution in [0.5, 0.6) is 0 Å². The minimum absolute atomic E-state index is 0.00693. The number of benzene rings is 1. The molecule has 1 aromatic heterocycles. The molecule has 0 unspecified atom stereocenters. The van der Waals surface area contributed by atoms with Gasteiger partial charge >= 0.3 is 5.97 Å². The highest BCUT2D eigenvalue weighted by molar-refractivity contribution is 5.95. The van der Waals surface area contributed by atoms with Gasteiger partial charge in [-0.05, 0) is 45.2 Å². The molecule has 0 radical (unpaired) electrons. The highest BCUT2D eigenvalue weighted by Gasteiger charge is 2.30. The Balaban J connectivity index is 1.74. The predicted molar refractivity (Wildman–Crippen MR) is 103 cm³/mol. The zero-order valence-corrected chi connectivity index (χ0v) is 16.3. The number of esters is 1. The molecule has 0 atom stereocenters. The molecular weight excluding hydrogens is 342 g/mol. The van der Waals surface area contributed by atoms with Gasteiger partial charge in [0.05, 0.1) is 35.7 Å². The van der Waals surface area contributed by atoms with Gasteiger partial charge in [0.25, 0.3) is 5.91 Å². The fraction of sp³-hybridized carbons (Fsp3) is 0.476. The Hall–Kier alpha value is -2.63. The predicted octanol–water partition coefficient (Wildman–Crippen LogP) is 3.16. The van der Waals surface area contributed by atoms with Gasteiger partial charge in [0.1, 0.15) is 0 Å². The third kappa shape index (κ3) is 4.04. The first-order valence-corrected chi connectivity index (χ1v) is 9.65. The van der Waals surface area contributed by atoms with Gasteiger partial charge in [0.2, 0.25) is 0 Å². The maximum absolute atomic E-state index is 13.0. The molecule has 3 rings (SSSR count). The molecule has 144 valence electrons. The SMILES string of the molecule is CCOC(=O)C1CCN(C(=O)c2cnn(-c3ccc(C)cc3)c2CC)CC1. The van der Waals surface area contributed by atoms with Gasteiger partial charge in [-0.3, -0.25) is 9.59 Å². The third-order valence-corrected chi connectivity index (χ3v) is 5.11. The molecular formula is C21H27N3O3. The van der Waals surface area contributed by atoms with Crippen molar-refractivity contribution in [1.29, 1.82) is 0 Å². The topological polar surface area (TPSA) is 64.4 Å². The summed E-state index contributed by atoms with van der Waals surface area (Å²) in [5.41, 5.74) is 3.70. The summed E-state index contributed by atoms with van der Waals surface area (Å²) in [6, 6.07) is 8.11.